The number of carbonyl (C=O) groups excluding carboxylic acids is 1. The Hall–Kier alpha value is -0.740. The zero-order chi connectivity index (χ0) is 12.0. The first kappa shape index (κ1) is 13.3. The van der Waals surface area contributed by atoms with Gasteiger partial charge in [0.1, 0.15) is 10.8 Å². The Morgan fingerprint density at radius 1 is 1.62 bits per heavy atom. The topological polar surface area (TPSA) is 42.0 Å². The van der Waals surface area contributed by atoms with Crippen LogP contribution in [-0.4, -0.2) is 29.4 Å². The van der Waals surface area contributed by atoms with E-state index in [0.717, 1.165) is 5.75 Å². The van der Waals surface area contributed by atoms with Crippen LogP contribution in [0, 0.1) is 5.92 Å². The van der Waals surface area contributed by atoms with Gasteiger partial charge in [0, 0.05) is 6.54 Å². The standard InChI is InChI=1S/C11H15ClN2OS/c1-8(7-16-2)6-13-11(15)9-4-3-5-10(12)14-9/h3-5,8H,6-7H2,1-2H3,(H,13,15). The van der Waals surface area contributed by atoms with Crippen LogP contribution in [0.2, 0.25) is 5.15 Å². The lowest BCUT2D eigenvalue weighted by Gasteiger charge is -2.10. The first-order chi connectivity index (χ1) is 7.63. The maximum absolute atomic E-state index is 11.7. The summed E-state index contributed by atoms with van der Waals surface area (Å²) < 4.78 is 0. The van der Waals surface area contributed by atoms with E-state index >= 15 is 0 Å². The van der Waals surface area contributed by atoms with Gasteiger partial charge in [-0.3, -0.25) is 4.79 Å². The van der Waals surface area contributed by atoms with Gasteiger partial charge in [-0.15, -0.1) is 0 Å². The van der Waals surface area contributed by atoms with Gasteiger partial charge in [-0.25, -0.2) is 4.98 Å². The van der Waals surface area contributed by atoms with Gasteiger partial charge in [-0.2, -0.15) is 11.8 Å². The van der Waals surface area contributed by atoms with Crippen LogP contribution in [0.5, 0.6) is 0 Å². The number of aromatic nitrogens is 1. The van der Waals surface area contributed by atoms with Crippen LogP contribution in [0.1, 0.15) is 17.4 Å². The summed E-state index contributed by atoms with van der Waals surface area (Å²) in [5.74, 6) is 1.32. The molecule has 0 aliphatic rings. The van der Waals surface area contributed by atoms with Crippen molar-refractivity contribution in [2.75, 3.05) is 18.6 Å². The van der Waals surface area contributed by atoms with Gasteiger partial charge in [0.2, 0.25) is 0 Å². The van der Waals surface area contributed by atoms with Crippen LogP contribution in [0.25, 0.3) is 0 Å². The monoisotopic (exact) mass is 258 g/mol. The summed E-state index contributed by atoms with van der Waals surface area (Å²) in [6, 6.07) is 5.02. The normalized spacial score (nSPS) is 12.2. The first-order valence-corrected chi connectivity index (χ1v) is 6.80. The third kappa shape index (κ3) is 4.41. The minimum absolute atomic E-state index is 0.171. The number of pyridine rings is 1. The van der Waals surface area contributed by atoms with Crippen LogP contribution in [0.3, 0.4) is 0 Å². The molecule has 0 spiro atoms. The van der Waals surface area contributed by atoms with Gasteiger partial charge in [0.25, 0.3) is 5.91 Å². The lowest BCUT2D eigenvalue weighted by atomic mass is 10.2. The number of carbonyl (C=O) groups is 1. The van der Waals surface area contributed by atoms with Crippen LogP contribution in [0.4, 0.5) is 0 Å². The van der Waals surface area contributed by atoms with Crippen molar-refractivity contribution in [3.05, 3.63) is 29.0 Å². The highest BCUT2D eigenvalue weighted by atomic mass is 35.5. The predicted molar refractivity (Wildman–Crippen MR) is 69.1 cm³/mol. The summed E-state index contributed by atoms with van der Waals surface area (Å²) in [4.78, 5) is 15.6. The summed E-state index contributed by atoms with van der Waals surface area (Å²) >= 11 is 7.48. The largest absolute Gasteiger partial charge is 0.350 e. The Kier molecular flexibility index (Phi) is 5.63. The highest BCUT2D eigenvalue weighted by molar-refractivity contribution is 7.98. The van der Waals surface area contributed by atoms with Crippen LogP contribution in [0.15, 0.2) is 18.2 Å². The van der Waals surface area contributed by atoms with Crippen molar-refractivity contribution in [1.82, 2.24) is 10.3 Å². The quantitative estimate of drug-likeness (QED) is 0.825. The van der Waals surface area contributed by atoms with Crippen LogP contribution >= 0.6 is 23.4 Å². The van der Waals surface area contributed by atoms with Gasteiger partial charge in [-0.05, 0) is 30.1 Å². The number of halogens is 1. The van der Waals surface area contributed by atoms with E-state index in [1.54, 1.807) is 30.0 Å². The molecule has 0 aromatic carbocycles. The second-order valence-electron chi connectivity index (χ2n) is 3.62. The molecule has 0 fully saturated rings. The molecule has 1 unspecified atom stereocenters. The first-order valence-electron chi connectivity index (χ1n) is 5.03. The van der Waals surface area contributed by atoms with E-state index in [1.807, 2.05) is 0 Å². The fourth-order valence-corrected chi connectivity index (χ4v) is 2.09. The summed E-state index contributed by atoms with van der Waals surface area (Å²) in [5, 5.41) is 3.18. The van der Waals surface area contributed by atoms with E-state index in [9.17, 15) is 4.79 Å². The number of hydrogen-bond acceptors (Lipinski definition) is 3. The maximum atomic E-state index is 11.7. The van der Waals surface area contributed by atoms with E-state index in [1.165, 1.54) is 0 Å². The molecule has 0 aliphatic carbocycles. The van der Waals surface area contributed by atoms with Gasteiger partial charge in [0.15, 0.2) is 0 Å². The van der Waals surface area contributed by atoms with Crippen molar-refractivity contribution in [2.24, 2.45) is 5.92 Å². The Morgan fingerprint density at radius 3 is 3.00 bits per heavy atom. The van der Waals surface area contributed by atoms with E-state index in [4.69, 9.17) is 11.6 Å². The maximum Gasteiger partial charge on any atom is 0.269 e. The molecule has 3 nitrogen and oxygen atoms in total. The van der Waals surface area contributed by atoms with Crippen LogP contribution in [-0.2, 0) is 0 Å². The third-order valence-electron chi connectivity index (χ3n) is 2.01. The molecule has 0 saturated heterocycles. The molecule has 1 heterocycles. The van der Waals surface area contributed by atoms with Gasteiger partial charge in [-0.1, -0.05) is 24.6 Å². The van der Waals surface area contributed by atoms with Crippen molar-refractivity contribution in [1.29, 1.82) is 0 Å². The number of rotatable bonds is 5. The SMILES string of the molecule is CSCC(C)CNC(=O)c1cccc(Cl)n1. The molecule has 1 N–H and O–H groups in total. The van der Waals surface area contributed by atoms with Crippen molar-refractivity contribution >= 4 is 29.3 Å². The Balaban J connectivity index is 2.47. The molecule has 0 saturated carbocycles. The van der Waals surface area contributed by atoms with Crippen LogP contribution < -0.4 is 5.32 Å². The van der Waals surface area contributed by atoms with E-state index < -0.39 is 0 Å². The van der Waals surface area contributed by atoms with Gasteiger partial charge < -0.3 is 5.32 Å². The lowest BCUT2D eigenvalue weighted by Crippen LogP contribution is -2.29. The molecule has 1 aromatic rings. The minimum atomic E-state index is -0.171. The summed E-state index contributed by atoms with van der Waals surface area (Å²) in [7, 11) is 0. The number of hydrogen-bond donors (Lipinski definition) is 1. The molecular formula is C11H15ClN2OS. The zero-order valence-electron chi connectivity index (χ0n) is 9.37. The molecule has 1 atom stereocenters. The van der Waals surface area contributed by atoms with E-state index in [0.29, 0.717) is 23.3 Å². The molecule has 16 heavy (non-hydrogen) atoms. The number of thioether (sulfide) groups is 1. The molecule has 0 radical (unpaired) electrons. The van der Waals surface area contributed by atoms with Crippen molar-refractivity contribution < 1.29 is 4.79 Å². The second kappa shape index (κ2) is 6.76. The summed E-state index contributed by atoms with van der Waals surface area (Å²) in [6.45, 7) is 2.76. The molecule has 88 valence electrons. The summed E-state index contributed by atoms with van der Waals surface area (Å²) in [5.41, 5.74) is 0.365. The minimum Gasteiger partial charge on any atom is -0.350 e. The predicted octanol–water partition coefficient (Wildman–Crippen LogP) is 2.46. The molecule has 0 aliphatic heterocycles. The van der Waals surface area contributed by atoms with Gasteiger partial charge >= 0.3 is 0 Å². The fraction of sp³-hybridized carbons (Fsp3) is 0.455. The Morgan fingerprint density at radius 2 is 2.38 bits per heavy atom. The lowest BCUT2D eigenvalue weighted by molar-refractivity contribution is 0.0944. The van der Waals surface area contributed by atoms with Crippen molar-refractivity contribution in [3.63, 3.8) is 0 Å². The molecule has 5 heteroatoms. The molecular weight excluding hydrogens is 244 g/mol. The fourth-order valence-electron chi connectivity index (χ4n) is 1.24. The Bertz CT molecular complexity index is 360. The number of amides is 1. The van der Waals surface area contributed by atoms with E-state index in [-0.39, 0.29) is 5.91 Å². The van der Waals surface area contributed by atoms with Crippen molar-refractivity contribution in [3.8, 4) is 0 Å². The number of nitrogens with one attached hydrogen (secondary N) is 1. The average molecular weight is 259 g/mol. The molecule has 0 bridgehead atoms. The zero-order valence-corrected chi connectivity index (χ0v) is 10.9. The van der Waals surface area contributed by atoms with Gasteiger partial charge in [0.05, 0.1) is 0 Å². The summed E-state index contributed by atoms with van der Waals surface area (Å²) in [6.07, 6.45) is 2.05. The smallest absolute Gasteiger partial charge is 0.269 e. The highest BCUT2D eigenvalue weighted by Gasteiger charge is 2.08. The highest BCUT2D eigenvalue weighted by Crippen LogP contribution is 2.06. The third-order valence-corrected chi connectivity index (χ3v) is 3.12. The van der Waals surface area contributed by atoms with E-state index in [2.05, 4.69) is 23.5 Å². The van der Waals surface area contributed by atoms with Crippen molar-refractivity contribution in [2.45, 2.75) is 6.92 Å². The average Bonchev–Trinajstić information content (AvgIpc) is 2.26. The number of nitrogens with zero attached hydrogens (tertiary/aromatic N) is 1. The molecule has 1 amide bonds. The molecule has 1 aromatic heterocycles. The Labute approximate surface area is 105 Å². The molecule has 1 rings (SSSR count). The second-order valence-corrected chi connectivity index (χ2v) is 4.91.